The maximum absolute atomic E-state index is 11.2. The smallest absolute Gasteiger partial charge is 0.387 e. The molecule has 0 saturated heterocycles. The van der Waals surface area contributed by atoms with E-state index in [1.807, 2.05) is 5.32 Å². The largest absolute Gasteiger partial charge is 0.394 e. The second-order valence-corrected chi connectivity index (χ2v) is 4.46. The Labute approximate surface area is 102 Å². The van der Waals surface area contributed by atoms with E-state index in [1.54, 1.807) is 0 Å². The van der Waals surface area contributed by atoms with E-state index in [0.717, 1.165) is 6.92 Å². The van der Waals surface area contributed by atoms with Crippen molar-refractivity contribution in [3.8, 4) is 0 Å². The second-order valence-electron chi connectivity index (χ2n) is 3.50. The highest BCUT2D eigenvalue weighted by atomic mass is 31.1. The molecular weight excluding hydrogens is 269 g/mol. The van der Waals surface area contributed by atoms with Gasteiger partial charge in [-0.15, -0.1) is 0 Å². The Kier molecular flexibility index (Phi) is 6.89. The molecule has 0 aromatic carbocycles. The van der Waals surface area contributed by atoms with E-state index < -0.39 is 50.1 Å². The van der Waals surface area contributed by atoms with E-state index in [0.29, 0.717) is 0 Å². The summed E-state index contributed by atoms with van der Waals surface area (Å²) in [4.78, 5) is 22.0. The zero-order valence-electron chi connectivity index (χ0n) is 9.39. The van der Waals surface area contributed by atoms with Crippen LogP contribution < -0.4 is 5.32 Å². The molecule has 0 bridgehead atoms. The van der Waals surface area contributed by atoms with Gasteiger partial charge in [-0.1, -0.05) is 0 Å². The number of hydrogen-bond acceptors (Lipinski definition) is 8. The minimum atomic E-state index is -3.58. The highest BCUT2D eigenvalue weighted by Gasteiger charge is 2.38. The first-order valence-electron chi connectivity index (χ1n) is 4.82. The van der Waals surface area contributed by atoms with E-state index in [2.05, 4.69) is 0 Å². The van der Waals surface area contributed by atoms with Gasteiger partial charge < -0.3 is 25.7 Å². The molecule has 4 atom stereocenters. The topological polar surface area (TPSA) is 161 Å². The number of carbonyl (C=O) groups excluding carboxylic acids is 2. The predicted octanol–water partition coefficient (Wildman–Crippen LogP) is -2.73. The van der Waals surface area contributed by atoms with Crippen LogP contribution in [0, 0.1) is 0 Å². The van der Waals surface area contributed by atoms with Gasteiger partial charge in [0.25, 0.3) is 5.52 Å². The van der Waals surface area contributed by atoms with Crippen LogP contribution in [0.15, 0.2) is 0 Å². The van der Waals surface area contributed by atoms with Gasteiger partial charge in [-0.2, -0.15) is 0 Å². The SMILES string of the molecule is CC(=O)N[C@@H](C(=O)P(=O)=O)[C@@H](O)[C@H](O)[C@H](O)CO. The van der Waals surface area contributed by atoms with Crippen molar-refractivity contribution < 1.29 is 39.1 Å². The molecule has 0 rings (SSSR count). The molecule has 0 aromatic heterocycles. The lowest BCUT2D eigenvalue weighted by Gasteiger charge is -2.26. The lowest BCUT2D eigenvalue weighted by atomic mass is 10.0. The number of nitrogens with one attached hydrogen (secondary N) is 1. The van der Waals surface area contributed by atoms with Crippen LogP contribution in [0.1, 0.15) is 6.92 Å². The molecule has 0 aromatic rings. The first-order valence-corrected chi connectivity index (χ1v) is 6.00. The lowest BCUT2D eigenvalue weighted by Crippen LogP contribution is -2.55. The molecule has 10 heteroatoms. The standard InChI is InChI=1S/C8H14NO8P/c1-3(11)9-5(8(15)18(16)17)7(14)6(13)4(12)2-10/h4-7,10,12-14H,2H2,1H3,(H,9,11)/t4-,5-,6-,7-/m1/s1. The van der Waals surface area contributed by atoms with Gasteiger partial charge in [0.2, 0.25) is 5.91 Å². The summed E-state index contributed by atoms with van der Waals surface area (Å²) in [5.74, 6) is -0.810. The Morgan fingerprint density at radius 2 is 1.67 bits per heavy atom. The summed E-state index contributed by atoms with van der Waals surface area (Å²) < 4.78 is 21.0. The zero-order valence-corrected chi connectivity index (χ0v) is 10.3. The highest BCUT2D eigenvalue weighted by molar-refractivity contribution is 7.52. The van der Waals surface area contributed by atoms with E-state index in [4.69, 9.17) is 10.2 Å². The first-order chi connectivity index (χ1) is 8.22. The average molecular weight is 283 g/mol. The number of amides is 1. The van der Waals surface area contributed by atoms with Crippen LogP contribution in [0.25, 0.3) is 0 Å². The molecule has 104 valence electrons. The quantitative estimate of drug-likeness (QED) is 0.314. The Bertz CT molecular complexity index is 373. The molecule has 9 nitrogen and oxygen atoms in total. The minimum Gasteiger partial charge on any atom is -0.394 e. The molecule has 5 N–H and O–H groups in total. The fourth-order valence-electron chi connectivity index (χ4n) is 1.16. The molecule has 0 radical (unpaired) electrons. The van der Waals surface area contributed by atoms with E-state index >= 15 is 0 Å². The average Bonchev–Trinajstić information content (AvgIpc) is 2.31. The molecule has 0 aliphatic carbocycles. The van der Waals surface area contributed by atoms with Crippen molar-refractivity contribution in [2.75, 3.05) is 6.61 Å². The molecule has 0 unspecified atom stereocenters. The Hall–Kier alpha value is -1.12. The van der Waals surface area contributed by atoms with Gasteiger partial charge >= 0.3 is 7.68 Å². The van der Waals surface area contributed by atoms with Gasteiger partial charge in [-0.3, -0.25) is 9.59 Å². The molecule has 18 heavy (non-hydrogen) atoms. The fraction of sp³-hybridized carbons (Fsp3) is 0.750. The van der Waals surface area contributed by atoms with Crippen LogP contribution in [0.2, 0.25) is 0 Å². The van der Waals surface area contributed by atoms with E-state index in [9.17, 15) is 28.9 Å². The summed E-state index contributed by atoms with van der Waals surface area (Å²) in [6.45, 7) is 0.0580. The third kappa shape index (κ3) is 4.63. The van der Waals surface area contributed by atoms with Crippen molar-refractivity contribution in [2.24, 2.45) is 0 Å². The van der Waals surface area contributed by atoms with Crippen LogP contribution in [-0.2, 0) is 18.7 Å². The summed E-state index contributed by atoms with van der Waals surface area (Å²) in [5.41, 5.74) is -1.52. The van der Waals surface area contributed by atoms with E-state index in [1.165, 1.54) is 0 Å². The minimum absolute atomic E-state index is 0.810. The molecule has 1 amide bonds. The van der Waals surface area contributed by atoms with Gasteiger partial charge in [0.05, 0.1) is 6.61 Å². The van der Waals surface area contributed by atoms with Gasteiger partial charge in [-0.05, 0) is 0 Å². The zero-order chi connectivity index (χ0) is 14.5. The number of aliphatic hydroxyl groups is 4. The molecule has 0 spiro atoms. The summed E-state index contributed by atoms with van der Waals surface area (Å²) in [6.07, 6.45) is -5.85. The molecule has 0 heterocycles. The summed E-state index contributed by atoms with van der Waals surface area (Å²) in [7, 11) is -3.58. The summed E-state index contributed by atoms with van der Waals surface area (Å²) in [5, 5.41) is 38.3. The number of rotatable bonds is 7. The number of carbonyl (C=O) groups is 2. The Morgan fingerprint density at radius 3 is 2.00 bits per heavy atom. The third-order valence-electron chi connectivity index (χ3n) is 2.08. The number of aliphatic hydroxyl groups excluding tert-OH is 4. The van der Waals surface area contributed by atoms with Crippen molar-refractivity contribution in [3.05, 3.63) is 0 Å². The second kappa shape index (κ2) is 7.34. The van der Waals surface area contributed by atoms with Gasteiger partial charge in [0.1, 0.15) is 24.4 Å². The Morgan fingerprint density at radius 1 is 1.17 bits per heavy atom. The van der Waals surface area contributed by atoms with Crippen molar-refractivity contribution in [2.45, 2.75) is 31.3 Å². The summed E-state index contributed by atoms with van der Waals surface area (Å²) >= 11 is 0. The van der Waals surface area contributed by atoms with Crippen LogP contribution >= 0.6 is 7.68 Å². The van der Waals surface area contributed by atoms with Crippen LogP contribution in [0.5, 0.6) is 0 Å². The number of hydrogen-bond donors (Lipinski definition) is 5. The normalized spacial score (nSPS) is 17.4. The molecule has 0 fully saturated rings. The van der Waals surface area contributed by atoms with Gasteiger partial charge in [-0.25, -0.2) is 9.13 Å². The summed E-state index contributed by atoms with van der Waals surface area (Å²) in [6, 6.07) is -1.92. The maximum atomic E-state index is 11.2. The molecule has 0 aliphatic heterocycles. The van der Waals surface area contributed by atoms with Crippen LogP contribution in [-0.4, -0.2) is 62.8 Å². The Balaban J connectivity index is 5.06. The predicted molar refractivity (Wildman–Crippen MR) is 56.0 cm³/mol. The van der Waals surface area contributed by atoms with Crippen molar-refractivity contribution in [3.63, 3.8) is 0 Å². The highest BCUT2D eigenvalue weighted by Crippen LogP contribution is 2.15. The van der Waals surface area contributed by atoms with Crippen molar-refractivity contribution >= 4 is 19.1 Å². The lowest BCUT2D eigenvalue weighted by molar-refractivity contribution is -0.131. The third-order valence-corrected chi connectivity index (χ3v) is 2.72. The monoisotopic (exact) mass is 283 g/mol. The van der Waals surface area contributed by atoms with Gasteiger partial charge in [0, 0.05) is 6.92 Å². The van der Waals surface area contributed by atoms with E-state index in [-0.39, 0.29) is 0 Å². The molecular formula is C8H14NO8P. The van der Waals surface area contributed by atoms with Crippen LogP contribution in [0.4, 0.5) is 0 Å². The van der Waals surface area contributed by atoms with Crippen molar-refractivity contribution in [1.82, 2.24) is 5.32 Å². The van der Waals surface area contributed by atoms with Crippen LogP contribution in [0.3, 0.4) is 0 Å². The molecule has 0 aliphatic rings. The van der Waals surface area contributed by atoms with Crippen molar-refractivity contribution in [1.29, 1.82) is 0 Å². The fourth-order valence-corrected chi connectivity index (χ4v) is 1.60. The first kappa shape index (κ1) is 16.9. The molecule has 0 saturated carbocycles. The van der Waals surface area contributed by atoms with Gasteiger partial charge in [0.15, 0.2) is 0 Å². The maximum Gasteiger partial charge on any atom is 0.387 e.